The van der Waals surface area contributed by atoms with Gasteiger partial charge in [-0.25, -0.2) is 18.7 Å². The van der Waals surface area contributed by atoms with Gasteiger partial charge in [0.15, 0.2) is 0 Å². The van der Waals surface area contributed by atoms with Crippen LogP contribution in [0.5, 0.6) is 0 Å². The molecule has 0 saturated carbocycles. The molecule has 2 aromatic heterocycles. The maximum atomic E-state index is 12.8. The predicted molar refractivity (Wildman–Crippen MR) is 131 cm³/mol. The first-order valence-corrected chi connectivity index (χ1v) is 11.0. The Balaban J connectivity index is 0.000000241. The summed E-state index contributed by atoms with van der Waals surface area (Å²) in [5.74, 6) is 1.38. The molecule has 0 atom stereocenters. The molecular formula is C28H22Cl2F2N4Pt. The van der Waals surface area contributed by atoms with Gasteiger partial charge in [-0.1, -0.05) is 48.5 Å². The Hall–Kier alpha value is -3.05. The number of benzene rings is 4. The molecule has 6 aromatic rings. The minimum atomic E-state index is -0.210. The predicted octanol–water partition coefficient (Wildman–Crippen LogP) is 0.591. The van der Waals surface area contributed by atoms with Gasteiger partial charge in [0.2, 0.25) is 0 Å². The molecule has 0 unspecified atom stereocenters. The summed E-state index contributed by atoms with van der Waals surface area (Å²) in [6, 6.07) is 28.8. The van der Waals surface area contributed by atoms with E-state index in [0.717, 1.165) is 44.8 Å². The Morgan fingerprint density at radius 2 is 0.865 bits per heavy atom. The summed E-state index contributed by atoms with van der Waals surface area (Å²) in [5.41, 5.74) is 6.08. The zero-order valence-electron chi connectivity index (χ0n) is 19.4. The number of H-pyrrole nitrogens is 2. The SMILES string of the molecule is Fc1ccc(Cc2nc3ccccc3[nH]2)cc1.Fc1ccc(Cc2nc3ccccc3[nH]2)cc1.[Cl-].[Cl-].[Pt+2]. The van der Waals surface area contributed by atoms with E-state index in [4.69, 9.17) is 0 Å². The molecule has 9 heteroatoms. The molecule has 0 aliphatic carbocycles. The van der Waals surface area contributed by atoms with Crippen molar-refractivity contribution in [1.82, 2.24) is 19.9 Å². The molecule has 0 spiro atoms. The number of aromatic amines is 2. The molecule has 0 fully saturated rings. The molecule has 0 aliphatic heterocycles. The van der Waals surface area contributed by atoms with Crippen LogP contribution in [0.3, 0.4) is 0 Å². The van der Waals surface area contributed by atoms with Crippen LogP contribution in [0.1, 0.15) is 22.8 Å². The summed E-state index contributed by atoms with van der Waals surface area (Å²) >= 11 is 0. The summed E-state index contributed by atoms with van der Waals surface area (Å²) in [6.45, 7) is 0. The quantitative estimate of drug-likeness (QED) is 0.281. The van der Waals surface area contributed by atoms with E-state index >= 15 is 0 Å². The van der Waals surface area contributed by atoms with Gasteiger partial charge in [0.05, 0.1) is 22.1 Å². The molecule has 2 N–H and O–H groups in total. The maximum absolute atomic E-state index is 12.8. The average molecular weight is 718 g/mol. The van der Waals surface area contributed by atoms with Crippen molar-refractivity contribution in [2.45, 2.75) is 12.8 Å². The number of nitrogens with zero attached hydrogens (tertiary/aromatic N) is 2. The largest absolute Gasteiger partial charge is 2.00 e. The zero-order valence-corrected chi connectivity index (χ0v) is 23.2. The molecule has 6 rings (SSSR count). The van der Waals surface area contributed by atoms with E-state index in [1.165, 1.54) is 24.3 Å². The van der Waals surface area contributed by atoms with E-state index in [9.17, 15) is 8.78 Å². The number of nitrogens with one attached hydrogen (secondary N) is 2. The van der Waals surface area contributed by atoms with Gasteiger partial charge in [-0.05, 0) is 59.7 Å². The fourth-order valence-electron chi connectivity index (χ4n) is 3.77. The Kier molecular flexibility index (Phi) is 11.4. The third-order valence-corrected chi connectivity index (χ3v) is 5.45. The van der Waals surface area contributed by atoms with Crippen molar-refractivity contribution in [2.75, 3.05) is 0 Å². The number of hydrogen-bond donors (Lipinski definition) is 2. The van der Waals surface area contributed by atoms with Gasteiger partial charge >= 0.3 is 21.1 Å². The van der Waals surface area contributed by atoms with Crippen molar-refractivity contribution in [3.05, 3.63) is 131 Å². The number of hydrogen-bond acceptors (Lipinski definition) is 2. The number of halogens is 4. The van der Waals surface area contributed by atoms with Crippen LogP contribution in [0.2, 0.25) is 0 Å². The van der Waals surface area contributed by atoms with Crippen LogP contribution in [0, 0.1) is 11.6 Å². The molecule has 0 bridgehead atoms. The summed E-state index contributed by atoms with van der Waals surface area (Å²) in [7, 11) is 0. The monoisotopic (exact) mass is 717 g/mol. The number of para-hydroxylation sites is 4. The van der Waals surface area contributed by atoms with Gasteiger partial charge in [0, 0.05) is 12.8 Å². The van der Waals surface area contributed by atoms with Crippen molar-refractivity contribution in [1.29, 1.82) is 0 Å². The zero-order chi connectivity index (χ0) is 23.3. The van der Waals surface area contributed by atoms with Crippen LogP contribution in [0.4, 0.5) is 8.78 Å². The van der Waals surface area contributed by atoms with Gasteiger partial charge in [0.25, 0.3) is 0 Å². The molecule has 37 heavy (non-hydrogen) atoms. The first kappa shape index (κ1) is 30.2. The van der Waals surface area contributed by atoms with Crippen molar-refractivity contribution >= 4 is 22.1 Å². The van der Waals surface area contributed by atoms with E-state index in [2.05, 4.69) is 19.9 Å². The summed E-state index contributed by atoms with van der Waals surface area (Å²) < 4.78 is 25.5. The van der Waals surface area contributed by atoms with E-state index in [-0.39, 0.29) is 57.5 Å². The fourth-order valence-corrected chi connectivity index (χ4v) is 3.77. The van der Waals surface area contributed by atoms with Crippen LogP contribution < -0.4 is 24.8 Å². The molecule has 192 valence electrons. The van der Waals surface area contributed by atoms with E-state index in [0.29, 0.717) is 12.8 Å². The Labute approximate surface area is 240 Å². The number of aromatic nitrogens is 4. The minimum absolute atomic E-state index is 0. The second-order valence-electron chi connectivity index (χ2n) is 8.01. The number of rotatable bonds is 4. The summed E-state index contributed by atoms with van der Waals surface area (Å²) in [6.07, 6.45) is 1.38. The van der Waals surface area contributed by atoms with Crippen LogP contribution in [-0.4, -0.2) is 19.9 Å². The second-order valence-corrected chi connectivity index (χ2v) is 8.01. The van der Waals surface area contributed by atoms with E-state index in [1.54, 1.807) is 24.3 Å². The summed E-state index contributed by atoms with van der Waals surface area (Å²) in [4.78, 5) is 15.5. The topological polar surface area (TPSA) is 57.4 Å². The van der Waals surface area contributed by atoms with Crippen molar-refractivity contribution in [3.8, 4) is 0 Å². The standard InChI is InChI=1S/2C14H11FN2.2ClH.Pt/c2*15-11-7-5-10(6-8-11)9-14-16-12-3-1-2-4-13(12)17-14;;;/h2*1-8H,9H2,(H,16,17);2*1H;/q;;;;+2/p-2. The number of fused-ring (bicyclic) bond motifs is 2. The summed E-state index contributed by atoms with van der Waals surface area (Å²) in [5, 5.41) is 0. The molecule has 0 amide bonds. The number of imidazole rings is 2. The molecule has 0 saturated heterocycles. The molecule has 0 aliphatic rings. The Morgan fingerprint density at radius 1 is 0.514 bits per heavy atom. The fraction of sp³-hybridized carbons (Fsp3) is 0.0714. The van der Waals surface area contributed by atoms with Crippen molar-refractivity contribution < 1.29 is 54.7 Å². The van der Waals surface area contributed by atoms with Gasteiger partial charge in [-0.2, -0.15) is 0 Å². The molecule has 0 radical (unpaired) electrons. The van der Waals surface area contributed by atoms with Gasteiger partial charge in [-0.3, -0.25) is 0 Å². The van der Waals surface area contributed by atoms with Gasteiger partial charge in [-0.15, -0.1) is 0 Å². The van der Waals surface area contributed by atoms with Crippen molar-refractivity contribution in [2.24, 2.45) is 0 Å². The third-order valence-electron chi connectivity index (χ3n) is 5.45. The molecular weight excluding hydrogens is 696 g/mol. The van der Waals surface area contributed by atoms with Crippen LogP contribution in [-0.2, 0) is 33.9 Å². The van der Waals surface area contributed by atoms with Crippen LogP contribution in [0.25, 0.3) is 22.1 Å². The first-order chi connectivity index (χ1) is 16.6. The Bertz CT molecular complexity index is 1350. The molecule has 4 aromatic carbocycles. The van der Waals surface area contributed by atoms with Gasteiger partial charge in [0.1, 0.15) is 23.3 Å². The first-order valence-electron chi connectivity index (χ1n) is 11.0. The third kappa shape index (κ3) is 7.96. The molecule has 4 nitrogen and oxygen atoms in total. The minimum Gasteiger partial charge on any atom is -1.00 e. The maximum Gasteiger partial charge on any atom is 2.00 e. The normalized spacial score (nSPS) is 10.0. The molecule has 2 heterocycles. The van der Waals surface area contributed by atoms with Crippen molar-refractivity contribution in [3.63, 3.8) is 0 Å². The Morgan fingerprint density at radius 3 is 1.22 bits per heavy atom. The van der Waals surface area contributed by atoms with E-state index in [1.807, 2.05) is 48.5 Å². The second kappa shape index (κ2) is 14.0. The average Bonchev–Trinajstić information content (AvgIpc) is 3.45. The van der Waals surface area contributed by atoms with Gasteiger partial charge < -0.3 is 34.8 Å². The van der Waals surface area contributed by atoms with Crippen LogP contribution in [0.15, 0.2) is 97.1 Å². The van der Waals surface area contributed by atoms with E-state index < -0.39 is 0 Å². The smallest absolute Gasteiger partial charge is 1.00 e. The van der Waals surface area contributed by atoms with Crippen LogP contribution >= 0.6 is 0 Å².